The maximum Gasteiger partial charge on any atom is 0.0941 e. The first-order chi connectivity index (χ1) is 8.66. The predicted molar refractivity (Wildman–Crippen MR) is 75.8 cm³/mol. The van der Waals surface area contributed by atoms with Crippen LogP contribution >= 0.6 is 11.3 Å². The Labute approximate surface area is 114 Å². The third-order valence-corrected chi connectivity index (χ3v) is 4.78. The van der Waals surface area contributed by atoms with E-state index < -0.39 is 0 Å². The van der Waals surface area contributed by atoms with Crippen molar-refractivity contribution in [2.24, 2.45) is 11.7 Å². The van der Waals surface area contributed by atoms with Crippen LogP contribution in [0.1, 0.15) is 44.5 Å². The van der Waals surface area contributed by atoms with E-state index in [2.05, 4.69) is 18.8 Å². The second-order valence-corrected chi connectivity index (χ2v) is 6.41. The van der Waals surface area contributed by atoms with E-state index in [0.29, 0.717) is 5.92 Å². The highest BCUT2D eigenvalue weighted by molar-refractivity contribution is 7.09. The van der Waals surface area contributed by atoms with Gasteiger partial charge < -0.3 is 10.5 Å². The average Bonchev–Trinajstić information content (AvgIpc) is 2.82. The van der Waals surface area contributed by atoms with Crippen molar-refractivity contribution in [2.45, 2.75) is 57.6 Å². The van der Waals surface area contributed by atoms with Crippen molar-refractivity contribution in [2.75, 3.05) is 6.61 Å². The summed E-state index contributed by atoms with van der Waals surface area (Å²) in [4.78, 5) is 4.34. The number of hydrogen-bond donors (Lipinski definition) is 1. The second-order valence-electron chi connectivity index (χ2n) is 5.44. The lowest BCUT2D eigenvalue weighted by atomic mass is 9.74. The molecule has 3 unspecified atom stereocenters. The summed E-state index contributed by atoms with van der Waals surface area (Å²) in [6.45, 7) is 5.12. The number of nitrogens with zero attached hydrogens (tertiary/aromatic N) is 1. The van der Waals surface area contributed by atoms with Crippen LogP contribution in [0.15, 0.2) is 11.6 Å². The minimum absolute atomic E-state index is 0.0614. The molecule has 0 saturated heterocycles. The SMILES string of the molecule is CCOC1(C(N)Cc2nccs2)CCCC(C)C1. The molecule has 1 aliphatic carbocycles. The summed E-state index contributed by atoms with van der Waals surface area (Å²) in [5, 5.41) is 3.14. The Bertz CT molecular complexity index is 351. The van der Waals surface area contributed by atoms with Crippen LogP contribution in [0.2, 0.25) is 0 Å². The number of hydrogen-bond acceptors (Lipinski definition) is 4. The van der Waals surface area contributed by atoms with E-state index in [-0.39, 0.29) is 11.6 Å². The molecule has 0 spiro atoms. The van der Waals surface area contributed by atoms with Gasteiger partial charge in [0.05, 0.1) is 10.6 Å². The molecule has 102 valence electrons. The molecule has 0 aromatic carbocycles. The van der Waals surface area contributed by atoms with Crippen LogP contribution in [0, 0.1) is 5.92 Å². The molecule has 1 fully saturated rings. The number of rotatable bonds is 5. The van der Waals surface area contributed by atoms with E-state index in [1.807, 2.05) is 11.6 Å². The Morgan fingerprint density at radius 1 is 1.67 bits per heavy atom. The number of nitrogens with two attached hydrogens (primary N) is 1. The molecule has 18 heavy (non-hydrogen) atoms. The van der Waals surface area contributed by atoms with Gasteiger partial charge in [0.15, 0.2) is 0 Å². The topological polar surface area (TPSA) is 48.1 Å². The van der Waals surface area contributed by atoms with Gasteiger partial charge >= 0.3 is 0 Å². The van der Waals surface area contributed by atoms with Gasteiger partial charge in [0.2, 0.25) is 0 Å². The summed E-state index contributed by atoms with van der Waals surface area (Å²) in [7, 11) is 0. The van der Waals surface area contributed by atoms with Crippen molar-refractivity contribution >= 4 is 11.3 Å². The van der Waals surface area contributed by atoms with E-state index in [0.717, 1.165) is 30.9 Å². The molecule has 0 radical (unpaired) electrons. The Balaban J connectivity index is 2.08. The minimum Gasteiger partial charge on any atom is -0.374 e. The first-order valence-corrected chi connectivity index (χ1v) is 7.82. The van der Waals surface area contributed by atoms with E-state index in [4.69, 9.17) is 10.5 Å². The molecule has 2 rings (SSSR count). The van der Waals surface area contributed by atoms with Crippen molar-refractivity contribution in [3.8, 4) is 0 Å². The highest BCUT2D eigenvalue weighted by Gasteiger charge is 2.41. The first-order valence-electron chi connectivity index (χ1n) is 6.94. The van der Waals surface area contributed by atoms with Gasteiger partial charge in [-0.05, 0) is 25.7 Å². The van der Waals surface area contributed by atoms with Crippen molar-refractivity contribution in [1.82, 2.24) is 4.98 Å². The van der Waals surface area contributed by atoms with Gasteiger partial charge in [-0.1, -0.05) is 19.8 Å². The van der Waals surface area contributed by atoms with Gasteiger partial charge in [0.25, 0.3) is 0 Å². The second kappa shape index (κ2) is 6.13. The molecule has 1 aliphatic rings. The first kappa shape index (κ1) is 14.0. The summed E-state index contributed by atoms with van der Waals surface area (Å²) in [6.07, 6.45) is 7.41. The molecular formula is C14H24N2OS. The van der Waals surface area contributed by atoms with Crippen LogP contribution < -0.4 is 5.73 Å². The molecule has 2 N–H and O–H groups in total. The van der Waals surface area contributed by atoms with Crippen LogP contribution in [-0.4, -0.2) is 23.2 Å². The van der Waals surface area contributed by atoms with Crippen LogP contribution in [0.4, 0.5) is 0 Å². The van der Waals surface area contributed by atoms with Crippen molar-refractivity contribution in [3.05, 3.63) is 16.6 Å². The maximum absolute atomic E-state index is 6.46. The van der Waals surface area contributed by atoms with Gasteiger partial charge in [0, 0.05) is 30.6 Å². The summed E-state index contributed by atoms with van der Waals surface area (Å²) < 4.78 is 6.10. The van der Waals surface area contributed by atoms with E-state index in [9.17, 15) is 0 Å². The minimum atomic E-state index is -0.127. The van der Waals surface area contributed by atoms with Crippen LogP contribution in [-0.2, 0) is 11.2 Å². The fourth-order valence-electron chi connectivity index (χ4n) is 3.13. The predicted octanol–water partition coefficient (Wildman–Crippen LogP) is 3.00. The third kappa shape index (κ3) is 3.11. The van der Waals surface area contributed by atoms with Gasteiger partial charge in [0.1, 0.15) is 0 Å². The lowest BCUT2D eigenvalue weighted by Gasteiger charge is -2.43. The van der Waals surface area contributed by atoms with Crippen LogP contribution in [0.25, 0.3) is 0 Å². The molecule has 1 aromatic rings. The lowest BCUT2D eigenvalue weighted by molar-refractivity contribution is -0.0925. The average molecular weight is 268 g/mol. The zero-order valence-electron chi connectivity index (χ0n) is 11.4. The number of aromatic nitrogens is 1. The van der Waals surface area contributed by atoms with E-state index in [1.165, 1.54) is 12.8 Å². The monoisotopic (exact) mass is 268 g/mol. The van der Waals surface area contributed by atoms with Crippen LogP contribution in [0.5, 0.6) is 0 Å². The summed E-state index contributed by atoms with van der Waals surface area (Å²) >= 11 is 1.69. The maximum atomic E-state index is 6.46. The highest BCUT2D eigenvalue weighted by Crippen LogP contribution is 2.38. The molecular weight excluding hydrogens is 244 g/mol. The Hall–Kier alpha value is -0.450. The molecule has 0 aliphatic heterocycles. The third-order valence-electron chi connectivity index (χ3n) is 3.98. The molecule has 0 bridgehead atoms. The summed E-state index contributed by atoms with van der Waals surface area (Å²) in [6, 6.07) is 0.0614. The smallest absolute Gasteiger partial charge is 0.0941 e. The summed E-state index contributed by atoms with van der Waals surface area (Å²) in [5.41, 5.74) is 6.34. The van der Waals surface area contributed by atoms with Gasteiger partial charge in [-0.3, -0.25) is 0 Å². The number of ether oxygens (including phenoxy) is 1. The van der Waals surface area contributed by atoms with Gasteiger partial charge in [-0.25, -0.2) is 4.98 Å². The molecule has 1 heterocycles. The number of thiazole rings is 1. The zero-order chi connectivity index (χ0) is 13.0. The molecule has 3 nitrogen and oxygen atoms in total. The van der Waals surface area contributed by atoms with Crippen LogP contribution in [0.3, 0.4) is 0 Å². The van der Waals surface area contributed by atoms with Gasteiger partial charge in [-0.2, -0.15) is 0 Å². The zero-order valence-corrected chi connectivity index (χ0v) is 12.2. The fourth-order valence-corrected chi connectivity index (χ4v) is 3.81. The molecule has 1 saturated carbocycles. The highest BCUT2D eigenvalue weighted by atomic mass is 32.1. The quantitative estimate of drug-likeness (QED) is 0.893. The Kier molecular flexibility index (Phi) is 4.76. The van der Waals surface area contributed by atoms with E-state index >= 15 is 0 Å². The molecule has 3 atom stereocenters. The largest absolute Gasteiger partial charge is 0.374 e. The Morgan fingerprint density at radius 3 is 3.11 bits per heavy atom. The molecule has 1 aromatic heterocycles. The van der Waals surface area contributed by atoms with Gasteiger partial charge in [-0.15, -0.1) is 11.3 Å². The molecule has 0 amide bonds. The normalized spacial score (nSPS) is 30.3. The van der Waals surface area contributed by atoms with Crippen molar-refractivity contribution in [1.29, 1.82) is 0 Å². The Morgan fingerprint density at radius 2 is 2.50 bits per heavy atom. The van der Waals surface area contributed by atoms with E-state index in [1.54, 1.807) is 11.3 Å². The van der Waals surface area contributed by atoms with Crippen molar-refractivity contribution < 1.29 is 4.74 Å². The van der Waals surface area contributed by atoms with Crippen molar-refractivity contribution in [3.63, 3.8) is 0 Å². The standard InChI is InChI=1S/C14H24N2OS/c1-3-17-14(6-4-5-11(2)10-14)12(15)9-13-16-7-8-18-13/h7-8,11-12H,3-6,9-10,15H2,1-2H3. The fraction of sp³-hybridized carbons (Fsp3) is 0.786. The summed E-state index contributed by atoms with van der Waals surface area (Å²) in [5.74, 6) is 0.715. The lowest BCUT2D eigenvalue weighted by Crippen LogP contribution is -2.53. The molecule has 4 heteroatoms.